The molecule has 0 aromatic heterocycles. The molecule has 1 aromatic rings. The van der Waals surface area contributed by atoms with Gasteiger partial charge in [0.05, 0.1) is 10.7 Å². The molecule has 5 heteroatoms. The first-order valence-corrected chi connectivity index (χ1v) is 6.97. The van der Waals surface area contributed by atoms with Crippen molar-refractivity contribution in [2.24, 2.45) is 0 Å². The summed E-state index contributed by atoms with van der Waals surface area (Å²) in [5.74, 6) is -0.728. The van der Waals surface area contributed by atoms with E-state index in [-0.39, 0.29) is 6.04 Å². The molecule has 19 heavy (non-hydrogen) atoms. The molecule has 0 bridgehead atoms. The summed E-state index contributed by atoms with van der Waals surface area (Å²) in [6.45, 7) is 5.06. The van der Waals surface area contributed by atoms with Crippen molar-refractivity contribution in [2.45, 2.75) is 19.4 Å². The van der Waals surface area contributed by atoms with E-state index in [1.54, 1.807) is 0 Å². The van der Waals surface area contributed by atoms with Gasteiger partial charge in [-0.15, -0.1) is 0 Å². The van der Waals surface area contributed by atoms with E-state index in [0.717, 1.165) is 36.9 Å². The highest BCUT2D eigenvalue weighted by Crippen LogP contribution is 2.26. The molecule has 0 aliphatic carbocycles. The van der Waals surface area contributed by atoms with Gasteiger partial charge in [0.1, 0.15) is 6.04 Å². The first-order chi connectivity index (χ1) is 9.13. The molecule has 1 N–H and O–H groups in total. The lowest BCUT2D eigenvalue weighted by molar-refractivity contribution is -0.143. The molecule has 0 unspecified atom stereocenters. The first-order valence-electron chi connectivity index (χ1n) is 6.59. The molecule has 1 saturated heterocycles. The van der Waals surface area contributed by atoms with Gasteiger partial charge in [-0.25, -0.2) is 0 Å². The van der Waals surface area contributed by atoms with E-state index < -0.39 is 5.97 Å². The van der Waals surface area contributed by atoms with E-state index in [9.17, 15) is 9.90 Å². The van der Waals surface area contributed by atoms with E-state index in [1.165, 1.54) is 0 Å². The molecule has 1 aliphatic rings. The van der Waals surface area contributed by atoms with Crippen LogP contribution in [0.25, 0.3) is 0 Å². The molecule has 0 spiro atoms. The number of para-hydroxylation sites is 1. The van der Waals surface area contributed by atoms with Gasteiger partial charge in [0.25, 0.3) is 0 Å². The topological polar surface area (TPSA) is 43.8 Å². The Bertz CT molecular complexity index is 445. The average molecular weight is 283 g/mol. The van der Waals surface area contributed by atoms with Crippen LogP contribution >= 0.6 is 11.6 Å². The number of nitrogens with zero attached hydrogens (tertiary/aromatic N) is 2. The number of carbonyl (C=O) groups is 1. The minimum atomic E-state index is -0.728. The maximum Gasteiger partial charge on any atom is 0.320 e. The van der Waals surface area contributed by atoms with Gasteiger partial charge >= 0.3 is 5.97 Å². The zero-order chi connectivity index (χ0) is 13.8. The molecular weight excluding hydrogens is 264 g/mol. The van der Waals surface area contributed by atoms with Crippen molar-refractivity contribution in [3.05, 3.63) is 29.3 Å². The number of hydrogen-bond donors (Lipinski definition) is 1. The predicted molar refractivity (Wildman–Crippen MR) is 77.0 cm³/mol. The number of halogens is 1. The van der Waals surface area contributed by atoms with Crippen molar-refractivity contribution in [1.29, 1.82) is 0 Å². The molecule has 0 radical (unpaired) electrons. The highest BCUT2D eigenvalue weighted by Gasteiger charge is 2.27. The first kappa shape index (κ1) is 14.2. The van der Waals surface area contributed by atoms with E-state index in [4.69, 9.17) is 11.6 Å². The normalized spacial score (nSPS) is 18.3. The lowest BCUT2D eigenvalue weighted by Gasteiger charge is -2.38. The molecule has 1 atom stereocenters. The van der Waals surface area contributed by atoms with Crippen molar-refractivity contribution in [3.63, 3.8) is 0 Å². The Morgan fingerprint density at radius 2 is 1.95 bits per heavy atom. The Hall–Kier alpha value is -1.26. The minimum Gasteiger partial charge on any atom is -0.480 e. The van der Waals surface area contributed by atoms with Gasteiger partial charge in [-0.1, -0.05) is 30.7 Å². The highest BCUT2D eigenvalue weighted by molar-refractivity contribution is 6.33. The van der Waals surface area contributed by atoms with Crippen LogP contribution in [0.1, 0.15) is 13.3 Å². The van der Waals surface area contributed by atoms with Gasteiger partial charge in [-0.2, -0.15) is 0 Å². The van der Waals surface area contributed by atoms with Gasteiger partial charge in [0.2, 0.25) is 0 Å². The summed E-state index contributed by atoms with van der Waals surface area (Å²) in [4.78, 5) is 15.4. The van der Waals surface area contributed by atoms with Crippen LogP contribution in [0.5, 0.6) is 0 Å². The van der Waals surface area contributed by atoms with Crippen LogP contribution < -0.4 is 4.90 Å². The standard InChI is InChI=1S/C14H19ClN2O2/c1-2-12(14(18)19)16-7-9-17(10-8-16)13-6-4-3-5-11(13)15/h3-6,12H,2,7-10H2,1H3,(H,18,19)/t12-/m0/s1. The smallest absolute Gasteiger partial charge is 0.320 e. The monoisotopic (exact) mass is 282 g/mol. The third kappa shape index (κ3) is 3.19. The second-order valence-electron chi connectivity index (χ2n) is 4.74. The number of carboxylic acids is 1. The van der Waals surface area contributed by atoms with Gasteiger partial charge in [-0.05, 0) is 18.6 Å². The maximum atomic E-state index is 11.2. The van der Waals surface area contributed by atoms with Crippen molar-refractivity contribution in [3.8, 4) is 0 Å². The quantitative estimate of drug-likeness (QED) is 0.920. The number of piperazine rings is 1. The predicted octanol–water partition coefficient (Wildman–Crippen LogP) is 2.33. The van der Waals surface area contributed by atoms with Crippen LogP contribution in [0.4, 0.5) is 5.69 Å². The Balaban J connectivity index is 2.00. The summed E-state index contributed by atoms with van der Waals surface area (Å²) < 4.78 is 0. The number of anilines is 1. The summed E-state index contributed by atoms with van der Waals surface area (Å²) in [7, 11) is 0. The van der Waals surface area contributed by atoms with E-state index in [0.29, 0.717) is 6.42 Å². The molecule has 1 aromatic carbocycles. The number of carboxylic acid groups (broad SMARTS) is 1. The third-order valence-electron chi connectivity index (χ3n) is 3.62. The highest BCUT2D eigenvalue weighted by atomic mass is 35.5. The fourth-order valence-electron chi connectivity index (χ4n) is 2.57. The Morgan fingerprint density at radius 1 is 1.32 bits per heavy atom. The van der Waals surface area contributed by atoms with Gasteiger partial charge in [0.15, 0.2) is 0 Å². The van der Waals surface area contributed by atoms with Crippen LogP contribution in [0, 0.1) is 0 Å². The summed E-state index contributed by atoms with van der Waals surface area (Å²) in [6.07, 6.45) is 0.640. The Kier molecular flexibility index (Phi) is 4.66. The van der Waals surface area contributed by atoms with Crippen LogP contribution in [0.15, 0.2) is 24.3 Å². The van der Waals surface area contributed by atoms with Crippen molar-refractivity contribution in [1.82, 2.24) is 4.90 Å². The van der Waals surface area contributed by atoms with Crippen molar-refractivity contribution < 1.29 is 9.90 Å². The van der Waals surface area contributed by atoms with Gasteiger partial charge in [-0.3, -0.25) is 9.69 Å². The molecule has 104 valence electrons. The molecule has 1 fully saturated rings. The van der Waals surface area contributed by atoms with Crippen LogP contribution in [0.3, 0.4) is 0 Å². The summed E-state index contributed by atoms with van der Waals surface area (Å²) in [5, 5.41) is 9.93. The molecule has 1 heterocycles. The fourth-order valence-corrected chi connectivity index (χ4v) is 2.83. The summed E-state index contributed by atoms with van der Waals surface area (Å²) in [6, 6.07) is 7.41. The third-order valence-corrected chi connectivity index (χ3v) is 3.94. The van der Waals surface area contributed by atoms with Gasteiger partial charge < -0.3 is 10.0 Å². The minimum absolute atomic E-state index is 0.367. The SMILES string of the molecule is CC[C@@H](C(=O)O)N1CCN(c2ccccc2Cl)CC1. The largest absolute Gasteiger partial charge is 0.480 e. The maximum absolute atomic E-state index is 11.2. The number of hydrogen-bond acceptors (Lipinski definition) is 3. The average Bonchev–Trinajstić information content (AvgIpc) is 2.41. The number of aliphatic carboxylic acids is 1. The summed E-state index contributed by atoms with van der Waals surface area (Å²) >= 11 is 6.18. The number of benzene rings is 1. The zero-order valence-corrected chi connectivity index (χ0v) is 11.8. The van der Waals surface area contributed by atoms with Crippen LogP contribution in [0.2, 0.25) is 5.02 Å². The van der Waals surface area contributed by atoms with E-state index >= 15 is 0 Å². The Morgan fingerprint density at radius 3 is 2.47 bits per heavy atom. The molecule has 2 rings (SSSR count). The van der Waals surface area contributed by atoms with Crippen LogP contribution in [-0.4, -0.2) is 48.2 Å². The zero-order valence-electron chi connectivity index (χ0n) is 11.1. The van der Waals surface area contributed by atoms with Gasteiger partial charge in [0, 0.05) is 26.2 Å². The van der Waals surface area contributed by atoms with E-state index in [1.807, 2.05) is 36.1 Å². The molecule has 0 amide bonds. The van der Waals surface area contributed by atoms with E-state index in [2.05, 4.69) is 4.90 Å². The molecule has 1 aliphatic heterocycles. The fraction of sp³-hybridized carbons (Fsp3) is 0.500. The second kappa shape index (κ2) is 6.26. The van der Waals surface area contributed by atoms with Crippen LogP contribution in [-0.2, 0) is 4.79 Å². The molecule has 0 saturated carbocycles. The second-order valence-corrected chi connectivity index (χ2v) is 5.14. The Labute approximate surface area is 118 Å². The summed E-state index contributed by atoms with van der Waals surface area (Å²) in [5.41, 5.74) is 1.03. The van der Waals surface area contributed by atoms with Crippen molar-refractivity contribution >= 4 is 23.3 Å². The number of rotatable bonds is 4. The van der Waals surface area contributed by atoms with Crippen molar-refractivity contribution in [2.75, 3.05) is 31.1 Å². The molecular formula is C14H19ClN2O2. The molecule has 4 nitrogen and oxygen atoms in total. The lowest BCUT2D eigenvalue weighted by Crippen LogP contribution is -2.52. The lowest BCUT2D eigenvalue weighted by atomic mass is 10.1.